The number of anilines is 1. The number of amides is 2. The molecule has 0 aromatic heterocycles. The van der Waals surface area contributed by atoms with Crippen molar-refractivity contribution >= 4 is 17.7 Å². The maximum atomic E-state index is 11.8. The number of nitrogens with one attached hydrogen (secondary N) is 1. The van der Waals surface area contributed by atoms with Gasteiger partial charge in [-0.15, -0.1) is 6.58 Å². The highest BCUT2D eigenvalue weighted by molar-refractivity contribution is 5.89. The van der Waals surface area contributed by atoms with E-state index in [2.05, 4.69) is 11.9 Å². The Balaban J connectivity index is 2.04. The van der Waals surface area contributed by atoms with Crippen LogP contribution in [0, 0.1) is 0 Å². The van der Waals surface area contributed by atoms with Crippen molar-refractivity contribution in [3.05, 3.63) is 42.5 Å². The first-order chi connectivity index (χ1) is 9.49. The maximum Gasteiger partial charge on any atom is 0.321 e. The van der Waals surface area contributed by atoms with Gasteiger partial charge in [0, 0.05) is 19.3 Å². The first kappa shape index (κ1) is 14.1. The average molecular weight is 274 g/mol. The molecule has 0 atom stereocenters. The van der Waals surface area contributed by atoms with Crippen molar-refractivity contribution in [3.8, 4) is 0 Å². The van der Waals surface area contributed by atoms with E-state index in [-0.39, 0.29) is 6.03 Å². The number of hydrogen-bond acceptors (Lipinski definition) is 2. The normalized spacial score (nSPS) is 15.2. The number of benzene rings is 1. The highest BCUT2D eigenvalue weighted by Gasteiger charge is 2.51. The van der Waals surface area contributed by atoms with E-state index in [1.165, 1.54) is 4.90 Å². The summed E-state index contributed by atoms with van der Waals surface area (Å²) in [5.74, 6) is -0.778. The van der Waals surface area contributed by atoms with Gasteiger partial charge < -0.3 is 15.3 Å². The van der Waals surface area contributed by atoms with Gasteiger partial charge in [-0.25, -0.2) is 4.79 Å². The molecule has 5 nitrogen and oxygen atoms in total. The molecule has 2 rings (SSSR count). The first-order valence-electron chi connectivity index (χ1n) is 6.46. The van der Waals surface area contributed by atoms with Crippen LogP contribution in [0.4, 0.5) is 10.5 Å². The Labute approximate surface area is 117 Å². The smallest absolute Gasteiger partial charge is 0.321 e. The second-order valence-electron chi connectivity index (χ2n) is 5.06. The SMILES string of the molecule is C=CCN(C)C(=O)Nc1ccc(C2(C(=O)O)CC2)cc1. The molecule has 1 aliphatic carbocycles. The number of aliphatic carboxylic acids is 1. The van der Waals surface area contributed by atoms with E-state index in [4.69, 9.17) is 0 Å². The summed E-state index contributed by atoms with van der Waals surface area (Å²) in [5.41, 5.74) is 0.737. The van der Waals surface area contributed by atoms with Crippen LogP contribution in [0.3, 0.4) is 0 Å². The molecular weight excluding hydrogens is 256 g/mol. The van der Waals surface area contributed by atoms with Crippen LogP contribution in [0.1, 0.15) is 18.4 Å². The summed E-state index contributed by atoms with van der Waals surface area (Å²) >= 11 is 0. The lowest BCUT2D eigenvalue weighted by atomic mass is 9.96. The van der Waals surface area contributed by atoms with E-state index < -0.39 is 11.4 Å². The molecule has 1 aromatic carbocycles. The van der Waals surface area contributed by atoms with Crippen molar-refractivity contribution in [3.63, 3.8) is 0 Å². The van der Waals surface area contributed by atoms with Gasteiger partial charge in [-0.1, -0.05) is 18.2 Å². The van der Waals surface area contributed by atoms with Crippen molar-refractivity contribution < 1.29 is 14.7 Å². The quantitative estimate of drug-likeness (QED) is 0.810. The molecule has 106 valence electrons. The summed E-state index contributed by atoms with van der Waals surface area (Å²) in [6.45, 7) is 4.04. The van der Waals surface area contributed by atoms with Gasteiger partial charge in [0.25, 0.3) is 0 Å². The van der Waals surface area contributed by atoms with Crippen LogP contribution >= 0.6 is 0 Å². The summed E-state index contributed by atoms with van der Waals surface area (Å²) in [7, 11) is 1.68. The third kappa shape index (κ3) is 2.66. The lowest BCUT2D eigenvalue weighted by Gasteiger charge is -2.16. The predicted octanol–water partition coefficient (Wildman–Crippen LogP) is 2.45. The minimum atomic E-state index is -0.778. The van der Waals surface area contributed by atoms with Crippen LogP contribution in [0.15, 0.2) is 36.9 Å². The van der Waals surface area contributed by atoms with Gasteiger partial charge in [0.05, 0.1) is 5.41 Å². The summed E-state index contributed by atoms with van der Waals surface area (Å²) in [6.07, 6.45) is 3.00. The van der Waals surface area contributed by atoms with E-state index in [0.29, 0.717) is 25.1 Å². The number of rotatable bonds is 5. The Morgan fingerprint density at radius 1 is 1.40 bits per heavy atom. The van der Waals surface area contributed by atoms with E-state index in [0.717, 1.165) is 5.56 Å². The zero-order valence-electron chi connectivity index (χ0n) is 11.4. The van der Waals surface area contributed by atoms with Gasteiger partial charge in [0.2, 0.25) is 0 Å². The van der Waals surface area contributed by atoms with Crippen molar-refractivity contribution in [2.45, 2.75) is 18.3 Å². The molecule has 0 aliphatic heterocycles. The van der Waals surface area contributed by atoms with Gasteiger partial charge in [0.1, 0.15) is 0 Å². The number of carboxylic acids is 1. The summed E-state index contributed by atoms with van der Waals surface area (Å²) in [6, 6.07) is 6.78. The monoisotopic (exact) mass is 274 g/mol. The molecule has 1 saturated carbocycles. The number of carbonyl (C=O) groups excluding carboxylic acids is 1. The Hall–Kier alpha value is -2.30. The van der Waals surface area contributed by atoms with Gasteiger partial charge >= 0.3 is 12.0 Å². The lowest BCUT2D eigenvalue weighted by Crippen LogP contribution is -2.31. The second-order valence-corrected chi connectivity index (χ2v) is 5.06. The average Bonchev–Trinajstić information content (AvgIpc) is 3.21. The highest BCUT2D eigenvalue weighted by atomic mass is 16.4. The van der Waals surface area contributed by atoms with Crippen molar-refractivity contribution in [2.75, 3.05) is 18.9 Å². The van der Waals surface area contributed by atoms with E-state index in [1.807, 2.05) is 0 Å². The number of nitrogens with zero attached hydrogens (tertiary/aromatic N) is 1. The Morgan fingerprint density at radius 3 is 2.45 bits per heavy atom. The molecule has 0 unspecified atom stereocenters. The molecule has 0 radical (unpaired) electrons. The van der Waals surface area contributed by atoms with Gasteiger partial charge in [-0.2, -0.15) is 0 Å². The fourth-order valence-corrected chi connectivity index (χ4v) is 2.12. The lowest BCUT2D eigenvalue weighted by molar-refractivity contribution is -0.140. The topological polar surface area (TPSA) is 69.6 Å². The Morgan fingerprint density at radius 2 is 2.00 bits per heavy atom. The number of likely N-dealkylation sites (N-methyl/N-ethyl adjacent to an activating group) is 1. The third-order valence-corrected chi connectivity index (χ3v) is 3.60. The van der Waals surface area contributed by atoms with Gasteiger partial charge in [0.15, 0.2) is 0 Å². The largest absolute Gasteiger partial charge is 0.481 e. The van der Waals surface area contributed by atoms with Crippen molar-refractivity contribution in [1.82, 2.24) is 4.90 Å². The molecule has 0 heterocycles. The fraction of sp³-hybridized carbons (Fsp3) is 0.333. The molecule has 5 heteroatoms. The van der Waals surface area contributed by atoms with Gasteiger partial charge in [-0.05, 0) is 30.5 Å². The molecule has 20 heavy (non-hydrogen) atoms. The number of urea groups is 1. The van der Waals surface area contributed by atoms with E-state index in [1.54, 1.807) is 37.4 Å². The van der Waals surface area contributed by atoms with Crippen LogP contribution in [0.25, 0.3) is 0 Å². The second kappa shape index (κ2) is 5.36. The highest BCUT2D eigenvalue weighted by Crippen LogP contribution is 2.48. The molecule has 0 spiro atoms. The van der Waals surface area contributed by atoms with Crippen molar-refractivity contribution in [2.24, 2.45) is 0 Å². The van der Waals surface area contributed by atoms with E-state index >= 15 is 0 Å². The van der Waals surface area contributed by atoms with Crippen LogP contribution in [-0.4, -0.2) is 35.6 Å². The third-order valence-electron chi connectivity index (χ3n) is 3.60. The summed E-state index contributed by atoms with van der Waals surface area (Å²) in [4.78, 5) is 24.5. The zero-order chi connectivity index (χ0) is 14.8. The predicted molar refractivity (Wildman–Crippen MR) is 76.8 cm³/mol. The number of carbonyl (C=O) groups is 2. The summed E-state index contributed by atoms with van der Waals surface area (Å²) < 4.78 is 0. The molecule has 1 aromatic rings. The molecule has 1 aliphatic rings. The Kier molecular flexibility index (Phi) is 3.79. The molecule has 2 N–H and O–H groups in total. The summed E-state index contributed by atoms with van der Waals surface area (Å²) in [5, 5.41) is 12.0. The van der Waals surface area contributed by atoms with Crippen molar-refractivity contribution in [1.29, 1.82) is 0 Å². The van der Waals surface area contributed by atoms with Gasteiger partial charge in [-0.3, -0.25) is 4.79 Å². The van der Waals surface area contributed by atoms with Crippen LogP contribution in [-0.2, 0) is 10.2 Å². The number of carboxylic acid groups (broad SMARTS) is 1. The molecular formula is C15H18N2O3. The number of hydrogen-bond donors (Lipinski definition) is 2. The first-order valence-corrected chi connectivity index (χ1v) is 6.46. The zero-order valence-corrected chi connectivity index (χ0v) is 11.4. The van der Waals surface area contributed by atoms with Crippen LogP contribution in [0.5, 0.6) is 0 Å². The standard InChI is InChI=1S/C15H18N2O3/c1-3-10-17(2)14(20)16-12-6-4-11(5-7-12)15(8-9-15)13(18)19/h3-7H,1,8-10H2,2H3,(H,16,20)(H,18,19). The molecule has 1 fully saturated rings. The Bertz CT molecular complexity index is 533. The van der Waals surface area contributed by atoms with E-state index in [9.17, 15) is 14.7 Å². The fourth-order valence-electron chi connectivity index (χ4n) is 2.12. The maximum absolute atomic E-state index is 11.8. The van der Waals surface area contributed by atoms with Crippen LogP contribution in [0.2, 0.25) is 0 Å². The molecule has 2 amide bonds. The van der Waals surface area contributed by atoms with Crippen LogP contribution < -0.4 is 5.32 Å². The molecule has 0 saturated heterocycles. The molecule has 0 bridgehead atoms. The minimum Gasteiger partial charge on any atom is -0.481 e. The minimum absolute atomic E-state index is 0.225.